The van der Waals surface area contributed by atoms with E-state index in [1.54, 1.807) is 11.0 Å². The zero-order valence-corrected chi connectivity index (χ0v) is 15.2. The SMILES string of the molecule is CC(NC(=O)COc1cccc(Br)c1)c1ccc(-n2cncn2)cc1. The minimum Gasteiger partial charge on any atom is -0.484 e. The highest BCUT2D eigenvalue weighted by atomic mass is 79.9. The van der Waals surface area contributed by atoms with E-state index in [2.05, 4.69) is 31.3 Å². The van der Waals surface area contributed by atoms with Crippen LogP contribution in [-0.4, -0.2) is 27.3 Å². The molecule has 3 aromatic rings. The van der Waals surface area contributed by atoms with Crippen LogP contribution in [0.4, 0.5) is 0 Å². The van der Waals surface area contributed by atoms with E-state index in [-0.39, 0.29) is 18.6 Å². The van der Waals surface area contributed by atoms with Gasteiger partial charge in [-0.3, -0.25) is 4.79 Å². The number of amides is 1. The van der Waals surface area contributed by atoms with Gasteiger partial charge in [-0.15, -0.1) is 0 Å². The molecule has 1 unspecified atom stereocenters. The Morgan fingerprint density at radius 2 is 2.08 bits per heavy atom. The van der Waals surface area contributed by atoms with Crippen LogP contribution < -0.4 is 10.1 Å². The van der Waals surface area contributed by atoms with Crippen LogP contribution in [0.25, 0.3) is 5.69 Å². The maximum Gasteiger partial charge on any atom is 0.258 e. The Morgan fingerprint density at radius 3 is 2.76 bits per heavy atom. The van der Waals surface area contributed by atoms with Gasteiger partial charge < -0.3 is 10.1 Å². The minimum atomic E-state index is -0.173. The number of hydrogen-bond acceptors (Lipinski definition) is 4. The van der Waals surface area contributed by atoms with Crippen LogP contribution in [0.3, 0.4) is 0 Å². The monoisotopic (exact) mass is 400 g/mol. The summed E-state index contributed by atoms with van der Waals surface area (Å²) >= 11 is 3.37. The second kappa shape index (κ2) is 7.94. The van der Waals surface area contributed by atoms with Crippen LogP contribution in [-0.2, 0) is 4.79 Å². The average Bonchev–Trinajstić information content (AvgIpc) is 3.15. The zero-order chi connectivity index (χ0) is 17.6. The van der Waals surface area contributed by atoms with Gasteiger partial charge in [-0.05, 0) is 42.8 Å². The largest absolute Gasteiger partial charge is 0.484 e. The zero-order valence-electron chi connectivity index (χ0n) is 13.6. The van der Waals surface area contributed by atoms with Gasteiger partial charge in [0, 0.05) is 4.47 Å². The summed E-state index contributed by atoms with van der Waals surface area (Å²) in [5, 5.41) is 7.01. The molecule has 0 aliphatic carbocycles. The molecule has 2 aromatic carbocycles. The van der Waals surface area contributed by atoms with E-state index in [4.69, 9.17) is 4.74 Å². The van der Waals surface area contributed by atoms with Crippen molar-refractivity contribution in [3.05, 3.63) is 71.2 Å². The number of ether oxygens (including phenoxy) is 1. The molecule has 0 bridgehead atoms. The number of benzene rings is 2. The van der Waals surface area contributed by atoms with Crippen molar-refractivity contribution in [2.45, 2.75) is 13.0 Å². The Hall–Kier alpha value is -2.67. The molecule has 0 aliphatic heterocycles. The second-order valence-corrected chi connectivity index (χ2v) is 6.38. The summed E-state index contributed by atoms with van der Waals surface area (Å²) in [5.74, 6) is 0.474. The van der Waals surface area contributed by atoms with Gasteiger partial charge in [-0.25, -0.2) is 9.67 Å². The molecular formula is C18H17BrN4O2. The number of rotatable bonds is 6. The van der Waals surface area contributed by atoms with Crippen molar-refractivity contribution in [1.82, 2.24) is 20.1 Å². The fourth-order valence-electron chi connectivity index (χ4n) is 2.33. The lowest BCUT2D eigenvalue weighted by atomic mass is 10.1. The lowest BCUT2D eigenvalue weighted by molar-refractivity contribution is -0.123. The van der Waals surface area contributed by atoms with Gasteiger partial charge in [0.1, 0.15) is 18.4 Å². The Morgan fingerprint density at radius 1 is 1.28 bits per heavy atom. The first-order valence-electron chi connectivity index (χ1n) is 7.74. The van der Waals surface area contributed by atoms with Crippen molar-refractivity contribution in [3.63, 3.8) is 0 Å². The Balaban J connectivity index is 1.54. The summed E-state index contributed by atoms with van der Waals surface area (Å²) < 4.78 is 8.08. The summed E-state index contributed by atoms with van der Waals surface area (Å²) in [6.07, 6.45) is 3.13. The third-order valence-electron chi connectivity index (χ3n) is 3.62. The maximum absolute atomic E-state index is 12.1. The van der Waals surface area contributed by atoms with Gasteiger partial charge in [0.25, 0.3) is 5.91 Å². The first-order valence-corrected chi connectivity index (χ1v) is 8.54. The molecule has 1 aromatic heterocycles. The summed E-state index contributed by atoms with van der Waals surface area (Å²) in [6, 6.07) is 15.0. The number of nitrogens with one attached hydrogen (secondary N) is 1. The molecule has 25 heavy (non-hydrogen) atoms. The van der Waals surface area contributed by atoms with Gasteiger partial charge >= 0.3 is 0 Å². The molecule has 1 heterocycles. The van der Waals surface area contributed by atoms with Crippen LogP contribution in [0.2, 0.25) is 0 Å². The van der Waals surface area contributed by atoms with Gasteiger partial charge in [-0.1, -0.05) is 34.1 Å². The molecule has 1 atom stereocenters. The summed E-state index contributed by atoms with van der Waals surface area (Å²) in [6.45, 7) is 1.90. The average molecular weight is 401 g/mol. The smallest absolute Gasteiger partial charge is 0.258 e. The lowest BCUT2D eigenvalue weighted by Crippen LogP contribution is -2.31. The van der Waals surface area contributed by atoms with Crippen molar-refractivity contribution in [3.8, 4) is 11.4 Å². The van der Waals surface area contributed by atoms with Gasteiger partial charge in [0.05, 0.1) is 11.7 Å². The van der Waals surface area contributed by atoms with E-state index in [9.17, 15) is 4.79 Å². The van der Waals surface area contributed by atoms with Crippen LogP contribution in [0.15, 0.2) is 65.7 Å². The van der Waals surface area contributed by atoms with E-state index in [0.29, 0.717) is 5.75 Å². The molecule has 1 amide bonds. The van der Waals surface area contributed by atoms with Gasteiger partial charge in [0.15, 0.2) is 6.61 Å². The molecule has 7 heteroatoms. The van der Waals surface area contributed by atoms with E-state index >= 15 is 0 Å². The van der Waals surface area contributed by atoms with Gasteiger partial charge in [0.2, 0.25) is 0 Å². The van der Waals surface area contributed by atoms with Gasteiger partial charge in [-0.2, -0.15) is 5.10 Å². The third-order valence-corrected chi connectivity index (χ3v) is 4.11. The predicted molar refractivity (Wildman–Crippen MR) is 97.6 cm³/mol. The van der Waals surface area contributed by atoms with Crippen LogP contribution >= 0.6 is 15.9 Å². The van der Waals surface area contributed by atoms with E-state index < -0.39 is 0 Å². The fourth-order valence-corrected chi connectivity index (χ4v) is 2.71. The maximum atomic E-state index is 12.1. The number of aromatic nitrogens is 3. The van der Waals surface area contributed by atoms with E-state index in [0.717, 1.165) is 15.7 Å². The molecule has 128 valence electrons. The predicted octanol–water partition coefficient (Wildman–Crippen LogP) is 3.29. The molecule has 0 aliphatic rings. The normalized spacial score (nSPS) is 11.8. The quantitative estimate of drug-likeness (QED) is 0.689. The highest BCUT2D eigenvalue weighted by molar-refractivity contribution is 9.10. The molecule has 1 N–H and O–H groups in total. The first-order chi connectivity index (χ1) is 12.1. The molecule has 0 fully saturated rings. The Kier molecular flexibility index (Phi) is 5.45. The van der Waals surface area contributed by atoms with Crippen LogP contribution in [0, 0.1) is 0 Å². The minimum absolute atomic E-state index is 0.0299. The summed E-state index contributed by atoms with van der Waals surface area (Å²) in [4.78, 5) is 16.0. The molecule has 0 saturated heterocycles. The molecular weight excluding hydrogens is 384 g/mol. The number of halogens is 1. The number of nitrogens with zero attached hydrogens (tertiary/aromatic N) is 3. The summed E-state index contributed by atoms with van der Waals surface area (Å²) in [5.41, 5.74) is 1.91. The van der Waals surface area contributed by atoms with Crippen molar-refractivity contribution < 1.29 is 9.53 Å². The molecule has 3 rings (SSSR count). The number of carbonyl (C=O) groups is 1. The standard InChI is InChI=1S/C18H17BrN4O2/c1-13(14-5-7-16(8-6-14)23-12-20-11-21-23)22-18(24)10-25-17-4-2-3-15(19)9-17/h2-9,11-13H,10H2,1H3,(H,22,24). The van der Waals surface area contributed by atoms with Crippen molar-refractivity contribution in [2.24, 2.45) is 0 Å². The van der Waals surface area contributed by atoms with E-state index in [1.807, 2.05) is 55.5 Å². The molecule has 0 saturated carbocycles. The Labute approximate surface area is 154 Å². The lowest BCUT2D eigenvalue weighted by Gasteiger charge is -2.15. The second-order valence-electron chi connectivity index (χ2n) is 5.47. The van der Waals surface area contributed by atoms with Crippen molar-refractivity contribution in [2.75, 3.05) is 6.61 Å². The third kappa shape index (κ3) is 4.67. The van der Waals surface area contributed by atoms with Crippen molar-refractivity contribution >= 4 is 21.8 Å². The highest BCUT2D eigenvalue weighted by Gasteiger charge is 2.10. The topological polar surface area (TPSA) is 69.0 Å². The fraction of sp³-hybridized carbons (Fsp3) is 0.167. The first kappa shape index (κ1) is 17.2. The number of carbonyl (C=O) groups excluding carboxylic acids is 1. The van der Waals surface area contributed by atoms with Crippen LogP contribution in [0.5, 0.6) is 5.75 Å². The summed E-state index contributed by atoms with van der Waals surface area (Å²) in [7, 11) is 0. The molecule has 0 spiro atoms. The number of hydrogen-bond donors (Lipinski definition) is 1. The van der Waals surface area contributed by atoms with E-state index in [1.165, 1.54) is 6.33 Å². The van der Waals surface area contributed by atoms with Crippen molar-refractivity contribution in [1.29, 1.82) is 0 Å². The van der Waals surface area contributed by atoms with Crippen LogP contribution in [0.1, 0.15) is 18.5 Å². The Bertz CT molecular complexity index is 835. The molecule has 0 radical (unpaired) electrons. The molecule has 6 nitrogen and oxygen atoms in total. The highest BCUT2D eigenvalue weighted by Crippen LogP contribution is 2.18.